The van der Waals surface area contributed by atoms with Gasteiger partial charge in [0.1, 0.15) is 24.7 Å². The van der Waals surface area contributed by atoms with Crippen molar-refractivity contribution in [3.05, 3.63) is 59.7 Å². The zero-order valence-corrected chi connectivity index (χ0v) is 13.8. The number of hydrogen-bond donors (Lipinski definition) is 0. The summed E-state index contributed by atoms with van der Waals surface area (Å²) in [7, 11) is 2.20. The topological polar surface area (TPSA) is 21.7 Å². The highest BCUT2D eigenvalue weighted by Crippen LogP contribution is 2.48. The van der Waals surface area contributed by atoms with Crippen LogP contribution in [0.3, 0.4) is 0 Å². The van der Waals surface area contributed by atoms with Crippen molar-refractivity contribution in [3.8, 4) is 11.5 Å². The van der Waals surface area contributed by atoms with E-state index in [-0.39, 0.29) is 5.54 Å². The Labute approximate surface area is 137 Å². The molecule has 2 aliphatic rings. The molecule has 2 aromatic rings. The molecule has 0 spiro atoms. The van der Waals surface area contributed by atoms with Gasteiger partial charge in [0.05, 0.1) is 5.54 Å². The molecule has 2 aromatic carbocycles. The van der Waals surface area contributed by atoms with E-state index in [0.29, 0.717) is 12.5 Å². The van der Waals surface area contributed by atoms with Crippen LogP contribution in [-0.4, -0.2) is 30.6 Å². The summed E-state index contributed by atoms with van der Waals surface area (Å²) in [5.41, 5.74) is 2.59. The molecule has 0 N–H and O–H groups in total. The van der Waals surface area contributed by atoms with Crippen molar-refractivity contribution in [3.63, 3.8) is 0 Å². The highest BCUT2D eigenvalue weighted by molar-refractivity contribution is 5.46. The second-order valence-electron chi connectivity index (χ2n) is 6.88. The largest absolute Gasteiger partial charge is 0.491 e. The first-order chi connectivity index (χ1) is 11.2. The van der Waals surface area contributed by atoms with Gasteiger partial charge < -0.3 is 9.47 Å². The van der Waals surface area contributed by atoms with E-state index in [9.17, 15) is 0 Å². The molecule has 0 unspecified atom stereocenters. The minimum absolute atomic E-state index is 0.102. The van der Waals surface area contributed by atoms with Crippen LogP contribution in [0.2, 0.25) is 0 Å². The summed E-state index contributed by atoms with van der Waals surface area (Å²) >= 11 is 0. The molecule has 3 nitrogen and oxygen atoms in total. The van der Waals surface area contributed by atoms with Crippen LogP contribution in [0, 0.1) is 0 Å². The number of rotatable bonds is 3. The van der Waals surface area contributed by atoms with Crippen LogP contribution >= 0.6 is 0 Å². The fraction of sp³-hybridized carbons (Fsp3) is 0.400. The van der Waals surface area contributed by atoms with E-state index in [0.717, 1.165) is 24.7 Å². The molecule has 4 rings (SSSR count). The lowest BCUT2D eigenvalue weighted by atomic mass is 9.79. The Morgan fingerprint density at radius 1 is 1.22 bits per heavy atom. The number of hydrogen-bond acceptors (Lipinski definition) is 3. The van der Waals surface area contributed by atoms with E-state index >= 15 is 0 Å². The Morgan fingerprint density at radius 3 is 2.87 bits per heavy atom. The summed E-state index contributed by atoms with van der Waals surface area (Å²) in [4.78, 5) is 2.43. The maximum atomic E-state index is 6.03. The molecule has 23 heavy (non-hydrogen) atoms. The maximum absolute atomic E-state index is 6.03. The third-order valence-electron chi connectivity index (χ3n) is 5.50. The van der Waals surface area contributed by atoms with E-state index in [2.05, 4.69) is 43.1 Å². The lowest BCUT2D eigenvalue weighted by molar-refractivity contribution is 0.0833. The van der Waals surface area contributed by atoms with Gasteiger partial charge in [0.15, 0.2) is 0 Å². The Balaban J connectivity index is 1.57. The van der Waals surface area contributed by atoms with Crippen molar-refractivity contribution in [1.82, 2.24) is 4.90 Å². The predicted molar refractivity (Wildman–Crippen MR) is 91.1 cm³/mol. The van der Waals surface area contributed by atoms with Crippen molar-refractivity contribution in [2.45, 2.75) is 31.4 Å². The van der Waals surface area contributed by atoms with Gasteiger partial charge >= 0.3 is 0 Å². The van der Waals surface area contributed by atoms with Gasteiger partial charge in [-0.1, -0.05) is 30.3 Å². The first-order valence-corrected chi connectivity index (χ1v) is 8.31. The third kappa shape index (κ3) is 2.49. The van der Waals surface area contributed by atoms with Crippen molar-refractivity contribution in [2.75, 3.05) is 20.2 Å². The molecule has 0 aliphatic carbocycles. The first kappa shape index (κ1) is 14.6. The van der Waals surface area contributed by atoms with Crippen LogP contribution in [0.15, 0.2) is 48.5 Å². The van der Waals surface area contributed by atoms with Gasteiger partial charge in [-0.05, 0) is 50.7 Å². The van der Waals surface area contributed by atoms with Gasteiger partial charge in [0, 0.05) is 11.5 Å². The standard InChI is InChI=1S/C20H23NO2/c1-20-14-23-19-9-8-16(22-13-15-6-4-3-5-7-15)12-17(19)18(20)10-11-21(20)2/h3-9,12,18H,10-11,13-14H2,1-2H3/t18-,20+/m0/s1. The second-order valence-corrected chi connectivity index (χ2v) is 6.88. The molecule has 2 heterocycles. The quantitative estimate of drug-likeness (QED) is 0.860. The van der Waals surface area contributed by atoms with Gasteiger partial charge in [0.2, 0.25) is 0 Å². The summed E-state index contributed by atoms with van der Waals surface area (Å²) in [5, 5.41) is 0. The smallest absolute Gasteiger partial charge is 0.123 e. The van der Waals surface area contributed by atoms with Crippen molar-refractivity contribution in [1.29, 1.82) is 0 Å². The maximum Gasteiger partial charge on any atom is 0.123 e. The first-order valence-electron chi connectivity index (χ1n) is 8.31. The van der Waals surface area contributed by atoms with Crippen molar-refractivity contribution in [2.24, 2.45) is 0 Å². The molecular formula is C20H23NO2. The van der Waals surface area contributed by atoms with Gasteiger partial charge in [-0.15, -0.1) is 0 Å². The van der Waals surface area contributed by atoms with Gasteiger partial charge in [0.25, 0.3) is 0 Å². The third-order valence-corrected chi connectivity index (χ3v) is 5.50. The van der Waals surface area contributed by atoms with E-state index in [4.69, 9.17) is 9.47 Å². The Kier molecular flexibility index (Phi) is 3.53. The molecule has 1 fully saturated rings. The zero-order valence-electron chi connectivity index (χ0n) is 13.8. The summed E-state index contributed by atoms with van der Waals surface area (Å²) in [6, 6.07) is 16.5. The van der Waals surface area contributed by atoms with Gasteiger partial charge in [-0.3, -0.25) is 4.90 Å². The number of likely N-dealkylation sites (N-methyl/N-ethyl adjacent to an activating group) is 1. The number of nitrogens with zero attached hydrogens (tertiary/aromatic N) is 1. The lowest BCUT2D eigenvalue weighted by Gasteiger charge is -2.41. The monoisotopic (exact) mass is 309 g/mol. The summed E-state index contributed by atoms with van der Waals surface area (Å²) in [6.07, 6.45) is 1.19. The fourth-order valence-corrected chi connectivity index (χ4v) is 3.84. The van der Waals surface area contributed by atoms with Crippen LogP contribution in [0.25, 0.3) is 0 Å². The normalized spacial score (nSPS) is 26.3. The molecule has 0 bridgehead atoms. The SMILES string of the molecule is CN1CC[C@H]2c3cc(OCc4ccccc4)ccc3OC[C@]21C. The van der Waals surface area contributed by atoms with E-state index in [1.807, 2.05) is 24.3 Å². The van der Waals surface area contributed by atoms with Crippen LogP contribution in [-0.2, 0) is 6.61 Å². The number of ether oxygens (including phenoxy) is 2. The molecule has 0 amide bonds. The molecule has 3 heteroatoms. The Morgan fingerprint density at radius 2 is 2.04 bits per heavy atom. The Bertz CT molecular complexity index is 700. The van der Waals surface area contributed by atoms with Crippen LogP contribution in [0.4, 0.5) is 0 Å². The second kappa shape index (κ2) is 5.57. The number of fused-ring (bicyclic) bond motifs is 3. The summed E-state index contributed by atoms with van der Waals surface area (Å²) in [6.45, 7) is 4.80. The highest BCUT2D eigenvalue weighted by atomic mass is 16.5. The highest BCUT2D eigenvalue weighted by Gasteiger charge is 2.48. The molecule has 0 saturated carbocycles. The van der Waals surface area contributed by atoms with Crippen molar-refractivity contribution >= 4 is 0 Å². The fourth-order valence-electron chi connectivity index (χ4n) is 3.84. The minimum Gasteiger partial charge on any atom is -0.491 e. The van der Waals surface area contributed by atoms with Crippen molar-refractivity contribution < 1.29 is 9.47 Å². The van der Waals surface area contributed by atoms with E-state index in [1.165, 1.54) is 17.5 Å². The molecule has 0 radical (unpaired) electrons. The minimum atomic E-state index is 0.102. The van der Waals surface area contributed by atoms with Crippen LogP contribution < -0.4 is 9.47 Å². The van der Waals surface area contributed by atoms with Gasteiger partial charge in [-0.25, -0.2) is 0 Å². The molecule has 2 atom stereocenters. The average molecular weight is 309 g/mol. The predicted octanol–water partition coefficient (Wildman–Crippen LogP) is 3.84. The summed E-state index contributed by atoms with van der Waals surface area (Å²) in [5.74, 6) is 2.47. The van der Waals surface area contributed by atoms with Crippen LogP contribution in [0.5, 0.6) is 11.5 Å². The number of benzene rings is 2. The zero-order chi connectivity index (χ0) is 15.9. The molecular weight excluding hydrogens is 286 g/mol. The lowest BCUT2D eigenvalue weighted by Crippen LogP contribution is -2.49. The molecule has 1 saturated heterocycles. The van der Waals surface area contributed by atoms with E-state index < -0.39 is 0 Å². The number of likely N-dealkylation sites (tertiary alicyclic amines) is 1. The van der Waals surface area contributed by atoms with Gasteiger partial charge in [-0.2, -0.15) is 0 Å². The molecule has 120 valence electrons. The molecule has 2 aliphatic heterocycles. The summed E-state index contributed by atoms with van der Waals surface area (Å²) < 4.78 is 12.0. The Hall–Kier alpha value is -2.00. The average Bonchev–Trinajstić information content (AvgIpc) is 2.89. The van der Waals surface area contributed by atoms with E-state index in [1.54, 1.807) is 0 Å². The molecule has 0 aromatic heterocycles. The van der Waals surface area contributed by atoms with Crippen LogP contribution in [0.1, 0.15) is 30.4 Å².